The van der Waals surface area contributed by atoms with Crippen molar-refractivity contribution < 1.29 is 13.2 Å². The van der Waals surface area contributed by atoms with Crippen LogP contribution in [0.1, 0.15) is 30.6 Å². The van der Waals surface area contributed by atoms with E-state index in [2.05, 4.69) is 15.4 Å². The van der Waals surface area contributed by atoms with Crippen molar-refractivity contribution in [2.75, 3.05) is 24.1 Å². The molecule has 0 radical (unpaired) electrons. The van der Waals surface area contributed by atoms with Gasteiger partial charge in [-0.15, -0.1) is 0 Å². The van der Waals surface area contributed by atoms with Crippen molar-refractivity contribution >= 4 is 21.6 Å². The lowest BCUT2D eigenvalue weighted by Crippen LogP contribution is -2.37. The number of carbonyl (C=O) groups excluding carboxylic acids is 1. The second-order valence-electron chi connectivity index (χ2n) is 4.90. The highest BCUT2D eigenvalue weighted by atomic mass is 32.2. The minimum atomic E-state index is -3.35. The van der Waals surface area contributed by atoms with E-state index in [1.807, 2.05) is 14.0 Å². The van der Waals surface area contributed by atoms with Gasteiger partial charge in [0.2, 0.25) is 10.0 Å². The summed E-state index contributed by atoms with van der Waals surface area (Å²) in [6.07, 6.45) is 0.539. The Kier molecular flexibility index (Phi) is 6.64. The molecular formula is C14H23N3O3S. The summed E-state index contributed by atoms with van der Waals surface area (Å²) in [5.74, 6) is -0.169. The lowest BCUT2D eigenvalue weighted by molar-refractivity contribution is 0.0950. The second-order valence-corrected chi connectivity index (χ2v) is 6.74. The summed E-state index contributed by atoms with van der Waals surface area (Å²) in [6, 6.07) is 6.63. The highest BCUT2D eigenvalue weighted by Crippen LogP contribution is 2.13. The van der Waals surface area contributed by atoms with Crippen LogP contribution in [0.2, 0.25) is 0 Å². The molecule has 1 atom stereocenters. The number of nitrogens with one attached hydrogen (secondary N) is 3. The van der Waals surface area contributed by atoms with Gasteiger partial charge >= 0.3 is 0 Å². The Labute approximate surface area is 126 Å². The molecule has 1 rings (SSSR count). The van der Waals surface area contributed by atoms with Crippen LogP contribution in [0.5, 0.6) is 0 Å². The number of carbonyl (C=O) groups is 1. The van der Waals surface area contributed by atoms with E-state index < -0.39 is 10.0 Å². The maximum absolute atomic E-state index is 12.0. The number of anilines is 1. The van der Waals surface area contributed by atoms with Crippen LogP contribution in [0.25, 0.3) is 0 Å². The summed E-state index contributed by atoms with van der Waals surface area (Å²) in [7, 11) is -1.53. The topological polar surface area (TPSA) is 87.3 Å². The molecule has 0 aliphatic carbocycles. The zero-order chi connectivity index (χ0) is 15.9. The van der Waals surface area contributed by atoms with E-state index in [-0.39, 0.29) is 17.7 Å². The average Bonchev–Trinajstić information content (AvgIpc) is 2.43. The molecule has 0 spiro atoms. The zero-order valence-electron chi connectivity index (χ0n) is 12.6. The SMILES string of the molecule is CCCS(=O)(=O)Nc1cccc(C(=O)NCC(C)NC)c1. The van der Waals surface area contributed by atoms with Crippen molar-refractivity contribution in [3.05, 3.63) is 29.8 Å². The van der Waals surface area contributed by atoms with Crippen molar-refractivity contribution in [2.45, 2.75) is 26.3 Å². The smallest absolute Gasteiger partial charge is 0.251 e. The van der Waals surface area contributed by atoms with E-state index in [1.165, 1.54) is 6.07 Å². The summed E-state index contributed by atoms with van der Waals surface area (Å²) in [6.45, 7) is 4.25. The van der Waals surface area contributed by atoms with Crippen LogP contribution in [-0.4, -0.2) is 39.7 Å². The van der Waals surface area contributed by atoms with Crippen LogP contribution in [0.3, 0.4) is 0 Å². The monoisotopic (exact) mass is 313 g/mol. The molecule has 0 aliphatic heterocycles. The molecule has 0 bridgehead atoms. The van der Waals surface area contributed by atoms with Gasteiger partial charge in [-0.2, -0.15) is 0 Å². The summed E-state index contributed by atoms with van der Waals surface area (Å²) in [5, 5.41) is 5.81. The molecule has 0 saturated carbocycles. The molecule has 1 aromatic carbocycles. The number of hydrogen-bond donors (Lipinski definition) is 3. The first-order valence-electron chi connectivity index (χ1n) is 6.94. The molecule has 118 valence electrons. The van der Waals surface area contributed by atoms with Gasteiger partial charge in [-0.25, -0.2) is 8.42 Å². The van der Waals surface area contributed by atoms with E-state index in [0.29, 0.717) is 24.2 Å². The van der Waals surface area contributed by atoms with Crippen LogP contribution in [0.4, 0.5) is 5.69 Å². The highest BCUT2D eigenvalue weighted by molar-refractivity contribution is 7.92. The Bertz CT molecular complexity index is 573. The standard InChI is InChI=1S/C14H23N3O3S/c1-4-8-21(19,20)17-13-7-5-6-12(9-13)14(18)16-10-11(2)15-3/h5-7,9,11,15,17H,4,8,10H2,1-3H3,(H,16,18). The van der Waals surface area contributed by atoms with Gasteiger partial charge in [-0.1, -0.05) is 13.0 Å². The van der Waals surface area contributed by atoms with E-state index in [1.54, 1.807) is 25.1 Å². The molecule has 21 heavy (non-hydrogen) atoms. The van der Waals surface area contributed by atoms with Crippen LogP contribution >= 0.6 is 0 Å². The third kappa shape index (κ3) is 6.14. The molecular weight excluding hydrogens is 290 g/mol. The average molecular weight is 313 g/mol. The number of amides is 1. The molecule has 1 amide bonds. The second kappa shape index (κ2) is 7.99. The zero-order valence-corrected chi connectivity index (χ0v) is 13.5. The van der Waals surface area contributed by atoms with Crippen molar-refractivity contribution in [3.8, 4) is 0 Å². The summed E-state index contributed by atoms with van der Waals surface area (Å²) >= 11 is 0. The van der Waals surface area contributed by atoms with Gasteiger partial charge in [-0.05, 0) is 38.6 Å². The number of rotatable bonds is 8. The Morgan fingerprint density at radius 1 is 1.33 bits per heavy atom. The first-order valence-corrected chi connectivity index (χ1v) is 8.59. The molecule has 0 aliphatic rings. The van der Waals surface area contributed by atoms with Crippen molar-refractivity contribution in [3.63, 3.8) is 0 Å². The molecule has 6 nitrogen and oxygen atoms in total. The third-order valence-corrected chi connectivity index (χ3v) is 4.42. The largest absolute Gasteiger partial charge is 0.350 e. The summed E-state index contributed by atoms with van der Waals surface area (Å²) in [5.41, 5.74) is 0.827. The number of likely N-dealkylation sites (N-methyl/N-ethyl adjacent to an activating group) is 1. The van der Waals surface area contributed by atoms with Crippen LogP contribution in [0.15, 0.2) is 24.3 Å². The fourth-order valence-electron chi connectivity index (χ4n) is 1.67. The molecule has 7 heteroatoms. The number of sulfonamides is 1. The molecule has 1 aromatic rings. The molecule has 1 unspecified atom stereocenters. The van der Waals surface area contributed by atoms with Crippen LogP contribution in [0, 0.1) is 0 Å². The lowest BCUT2D eigenvalue weighted by Gasteiger charge is -2.12. The van der Waals surface area contributed by atoms with Gasteiger partial charge in [0.15, 0.2) is 0 Å². The van der Waals surface area contributed by atoms with Crippen LogP contribution < -0.4 is 15.4 Å². The number of hydrogen-bond acceptors (Lipinski definition) is 4. The first kappa shape index (κ1) is 17.5. The molecule has 0 aromatic heterocycles. The maximum Gasteiger partial charge on any atom is 0.251 e. The Hall–Kier alpha value is -1.60. The normalized spacial score (nSPS) is 12.7. The molecule has 0 heterocycles. The van der Waals surface area contributed by atoms with Gasteiger partial charge < -0.3 is 10.6 Å². The van der Waals surface area contributed by atoms with Crippen molar-refractivity contribution in [2.24, 2.45) is 0 Å². The summed E-state index contributed by atoms with van der Waals surface area (Å²) < 4.78 is 25.9. The van der Waals surface area contributed by atoms with Gasteiger partial charge in [-0.3, -0.25) is 9.52 Å². The van der Waals surface area contributed by atoms with Crippen molar-refractivity contribution in [1.82, 2.24) is 10.6 Å². The van der Waals surface area contributed by atoms with Gasteiger partial charge in [0, 0.05) is 23.8 Å². The molecule has 0 fully saturated rings. The lowest BCUT2D eigenvalue weighted by atomic mass is 10.2. The minimum Gasteiger partial charge on any atom is -0.350 e. The summed E-state index contributed by atoms with van der Waals surface area (Å²) in [4.78, 5) is 12.0. The Balaban J connectivity index is 2.74. The third-order valence-electron chi connectivity index (χ3n) is 2.93. The maximum atomic E-state index is 12.0. The minimum absolute atomic E-state index is 0.0586. The van der Waals surface area contributed by atoms with Gasteiger partial charge in [0.1, 0.15) is 0 Å². The van der Waals surface area contributed by atoms with E-state index >= 15 is 0 Å². The van der Waals surface area contributed by atoms with Crippen LogP contribution in [-0.2, 0) is 10.0 Å². The predicted octanol–water partition coefficient (Wildman–Crippen LogP) is 1.18. The highest BCUT2D eigenvalue weighted by Gasteiger charge is 2.11. The predicted molar refractivity (Wildman–Crippen MR) is 85.0 cm³/mol. The van der Waals surface area contributed by atoms with E-state index in [4.69, 9.17) is 0 Å². The number of benzene rings is 1. The fraction of sp³-hybridized carbons (Fsp3) is 0.500. The molecule has 0 saturated heterocycles. The van der Waals surface area contributed by atoms with E-state index in [0.717, 1.165) is 0 Å². The fourth-order valence-corrected chi connectivity index (χ4v) is 2.80. The van der Waals surface area contributed by atoms with Crippen molar-refractivity contribution in [1.29, 1.82) is 0 Å². The first-order chi connectivity index (χ1) is 9.88. The molecule has 3 N–H and O–H groups in total. The van der Waals surface area contributed by atoms with E-state index in [9.17, 15) is 13.2 Å². The van der Waals surface area contributed by atoms with Gasteiger partial charge in [0.25, 0.3) is 5.91 Å². The quantitative estimate of drug-likeness (QED) is 0.672. The Morgan fingerprint density at radius 3 is 2.67 bits per heavy atom. The Morgan fingerprint density at radius 2 is 2.05 bits per heavy atom. The van der Waals surface area contributed by atoms with Gasteiger partial charge in [0.05, 0.1) is 5.75 Å².